The second-order valence-electron chi connectivity index (χ2n) is 10.2. The first kappa shape index (κ1) is 34.2. The van der Waals surface area contributed by atoms with Gasteiger partial charge in [-0.15, -0.1) is 0 Å². The molecule has 0 saturated heterocycles. The third-order valence-corrected chi connectivity index (χ3v) is 6.79. The first-order valence-corrected chi connectivity index (χ1v) is 15.0. The first-order chi connectivity index (χ1) is 22.8. The van der Waals surface area contributed by atoms with Crippen molar-refractivity contribution in [3.8, 4) is 39.5 Å². The molecule has 0 aliphatic rings. The van der Waals surface area contributed by atoms with E-state index in [4.69, 9.17) is 23.7 Å². The quantitative estimate of drug-likeness (QED) is 0.0498. The molecule has 0 radical (unpaired) electrons. The molecule has 0 aromatic heterocycles. The number of benzene rings is 4. The van der Waals surface area contributed by atoms with Gasteiger partial charge in [-0.05, 0) is 83.6 Å². The Bertz CT molecular complexity index is 1640. The third kappa shape index (κ3) is 11.0. The summed E-state index contributed by atoms with van der Waals surface area (Å²) in [6, 6.07) is 29.8. The van der Waals surface area contributed by atoms with Crippen molar-refractivity contribution >= 4 is 17.9 Å². The summed E-state index contributed by atoms with van der Waals surface area (Å²) in [5.41, 5.74) is 4.47. The standard InChI is InChI=1S/C38H35FO8/c1-3-36(40)45-26-6-25-44-34-19-15-32(16-20-34)38(42)47-35-21-13-31(14-22-35)29-9-7-28(8-10-29)30-11-17-33(18-12-30)43-23-4-5-24-46-37(41)27(2)39/h3,7-22H,1-2,4-6,23-26H2. The fourth-order valence-electron chi connectivity index (χ4n) is 4.29. The van der Waals surface area contributed by atoms with Crippen LogP contribution in [0.2, 0.25) is 0 Å². The fourth-order valence-corrected chi connectivity index (χ4v) is 4.29. The molecule has 0 saturated carbocycles. The number of carbonyl (C=O) groups is 3. The van der Waals surface area contributed by atoms with Gasteiger partial charge >= 0.3 is 17.9 Å². The summed E-state index contributed by atoms with van der Waals surface area (Å²) in [4.78, 5) is 34.7. The summed E-state index contributed by atoms with van der Waals surface area (Å²) in [6.45, 7) is 7.40. The number of carbonyl (C=O) groups excluding carboxylic acids is 3. The highest BCUT2D eigenvalue weighted by atomic mass is 19.1. The summed E-state index contributed by atoms with van der Waals surface area (Å²) < 4.78 is 39.1. The first-order valence-electron chi connectivity index (χ1n) is 15.0. The average Bonchev–Trinajstić information content (AvgIpc) is 3.10. The molecule has 4 rings (SSSR count). The van der Waals surface area contributed by atoms with Gasteiger partial charge in [0.1, 0.15) is 17.2 Å². The Hall–Kier alpha value is -5.70. The fraction of sp³-hybridized carbons (Fsp3) is 0.184. The molecule has 0 N–H and O–H groups in total. The Balaban J connectivity index is 1.21. The van der Waals surface area contributed by atoms with Gasteiger partial charge < -0.3 is 23.7 Å². The molecule has 0 bridgehead atoms. The molecular weight excluding hydrogens is 603 g/mol. The topological polar surface area (TPSA) is 97.4 Å². The molecule has 0 spiro atoms. The zero-order chi connectivity index (χ0) is 33.4. The van der Waals surface area contributed by atoms with Crippen molar-refractivity contribution in [2.75, 3.05) is 26.4 Å². The Kier molecular flexibility index (Phi) is 12.9. The molecule has 0 aliphatic heterocycles. The van der Waals surface area contributed by atoms with Crippen LogP contribution in [0.15, 0.2) is 122 Å². The summed E-state index contributed by atoms with van der Waals surface area (Å²) in [6.07, 6.45) is 2.86. The largest absolute Gasteiger partial charge is 0.494 e. The van der Waals surface area contributed by atoms with E-state index in [9.17, 15) is 18.8 Å². The van der Waals surface area contributed by atoms with Gasteiger partial charge in [-0.2, -0.15) is 4.39 Å². The lowest BCUT2D eigenvalue weighted by Gasteiger charge is -2.09. The van der Waals surface area contributed by atoms with Crippen LogP contribution in [0.3, 0.4) is 0 Å². The summed E-state index contributed by atoms with van der Waals surface area (Å²) in [5, 5.41) is 0. The lowest BCUT2D eigenvalue weighted by atomic mass is 10.0. The Morgan fingerprint density at radius 3 is 1.51 bits per heavy atom. The van der Waals surface area contributed by atoms with Crippen LogP contribution in [0.25, 0.3) is 22.3 Å². The van der Waals surface area contributed by atoms with Crippen LogP contribution >= 0.6 is 0 Å². The SMILES string of the molecule is C=CC(=O)OCCCOc1ccc(C(=O)Oc2ccc(-c3ccc(-c4ccc(OCCCCOC(=O)C(=C)F)cc4)cc3)cc2)cc1. The van der Waals surface area contributed by atoms with E-state index >= 15 is 0 Å². The lowest BCUT2D eigenvalue weighted by molar-refractivity contribution is -0.141. The Morgan fingerprint density at radius 1 is 0.574 bits per heavy atom. The molecule has 0 unspecified atom stereocenters. The predicted octanol–water partition coefficient (Wildman–Crippen LogP) is 7.92. The van der Waals surface area contributed by atoms with Crippen LogP contribution in [-0.2, 0) is 19.1 Å². The minimum Gasteiger partial charge on any atom is -0.494 e. The maximum absolute atomic E-state index is 12.6. The predicted molar refractivity (Wildman–Crippen MR) is 176 cm³/mol. The van der Waals surface area contributed by atoms with Gasteiger partial charge in [0.15, 0.2) is 0 Å². The van der Waals surface area contributed by atoms with Gasteiger partial charge in [0.25, 0.3) is 0 Å². The number of esters is 3. The number of ether oxygens (including phenoxy) is 5. The molecule has 47 heavy (non-hydrogen) atoms. The van der Waals surface area contributed by atoms with Gasteiger partial charge in [-0.25, -0.2) is 14.4 Å². The summed E-state index contributed by atoms with van der Waals surface area (Å²) in [7, 11) is 0. The second kappa shape index (κ2) is 17.7. The molecular formula is C38H35FO8. The van der Waals surface area contributed by atoms with Gasteiger partial charge in [0.05, 0.1) is 32.0 Å². The Labute approximate surface area is 273 Å². The lowest BCUT2D eigenvalue weighted by Crippen LogP contribution is -2.09. The van der Waals surface area contributed by atoms with Crippen LogP contribution in [0.1, 0.15) is 29.6 Å². The normalized spacial score (nSPS) is 10.4. The molecule has 242 valence electrons. The van der Waals surface area contributed by atoms with E-state index in [-0.39, 0.29) is 13.2 Å². The van der Waals surface area contributed by atoms with Crippen molar-refractivity contribution in [1.29, 1.82) is 0 Å². The number of hydrogen-bond acceptors (Lipinski definition) is 8. The average molecular weight is 639 g/mol. The van der Waals surface area contributed by atoms with Gasteiger partial charge in [-0.3, -0.25) is 0 Å². The van der Waals surface area contributed by atoms with Crippen LogP contribution in [0.5, 0.6) is 17.2 Å². The molecule has 0 heterocycles. The van der Waals surface area contributed by atoms with Crippen LogP contribution in [0.4, 0.5) is 4.39 Å². The molecule has 0 aliphatic carbocycles. The second-order valence-corrected chi connectivity index (χ2v) is 10.2. The van der Waals surface area contributed by atoms with E-state index in [1.807, 2.05) is 60.7 Å². The number of rotatable bonds is 17. The zero-order valence-electron chi connectivity index (χ0n) is 25.8. The molecule has 8 nitrogen and oxygen atoms in total. The molecule has 4 aromatic carbocycles. The van der Waals surface area contributed by atoms with Crippen molar-refractivity contribution in [3.05, 3.63) is 128 Å². The molecule has 4 aromatic rings. The third-order valence-electron chi connectivity index (χ3n) is 6.79. The maximum Gasteiger partial charge on any atom is 0.366 e. The van der Waals surface area contributed by atoms with E-state index < -0.39 is 23.7 Å². The van der Waals surface area contributed by atoms with Crippen molar-refractivity contribution in [2.24, 2.45) is 0 Å². The van der Waals surface area contributed by atoms with E-state index in [1.165, 1.54) is 0 Å². The molecule has 0 atom stereocenters. The minimum atomic E-state index is -1.10. The highest BCUT2D eigenvalue weighted by Crippen LogP contribution is 2.28. The van der Waals surface area contributed by atoms with E-state index in [0.717, 1.165) is 34.1 Å². The molecule has 0 fully saturated rings. The molecule has 0 amide bonds. The van der Waals surface area contributed by atoms with E-state index in [2.05, 4.69) is 13.2 Å². The van der Waals surface area contributed by atoms with Crippen LogP contribution < -0.4 is 14.2 Å². The van der Waals surface area contributed by atoms with Gasteiger partial charge in [0, 0.05) is 12.5 Å². The number of halogens is 1. The van der Waals surface area contributed by atoms with Crippen molar-refractivity contribution in [1.82, 2.24) is 0 Å². The van der Waals surface area contributed by atoms with Gasteiger partial charge in [0.2, 0.25) is 5.83 Å². The van der Waals surface area contributed by atoms with Crippen LogP contribution in [-0.4, -0.2) is 44.3 Å². The highest BCUT2D eigenvalue weighted by Gasteiger charge is 2.10. The van der Waals surface area contributed by atoms with Gasteiger partial charge in [-0.1, -0.05) is 61.7 Å². The van der Waals surface area contributed by atoms with E-state index in [1.54, 1.807) is 36.4 Å². The monoisotopic (exact) mass is 638 g/mol. The van der Waals surface area contributed by atoms with Crippen LogP contribution in [0, 0.1) is 0 Å². The highest BCUT2D eigenvalue weighted by molar-refractivity contribution is 5.91. The number of hydrogen-bond donors (Lipinski definition) is 0. The smallest absolute Gasteiger partial charge is 0.366 e. The zero-order valence-corrected chi connectivity index (χ0v) is 25.8. The Morgan fingerprint density at radius 2 is 1.00 bits per heavy atom. The van der Waals surface area contributed by atoms with Crippen molar-refractivity contribution in [2.45, 2.75) is 19.3 Å². The van der Waals surface area contributed by atoms with Crippen molar-refractivity contribution < 1.29 is 42.5 Å². The number of unbranched alkanes of at least 4 members (excludes halogenated alkanes) is 1. The maximum atomic E-state index is 12.6. The molecule has 9 heteroatoms. The summed E-state index contributed by atoms with van der Waals surface area (Å²) >= 11 is 0. The van der Waals surface area contributed by atoms with Crippen molar-refractivity contribution in [3.63, 3.8) is 0 Å². The van der Waals surface area contributed by atoms with E-state index in [0.29, 0.717) is 49.5 Å². The minimum absolute atomic E-state index is 0.117. The summed E-state index contributed by atoms with van der Waals surface area (Å²) in [5.74, 6) is -1.33.